The van der Waals surface area contributed by atoms with Gasteiger partial charge in [0.1, 0.15) is 34.6 Å². The third-order valence-corrected chi connectivity index (χ3v) is 5.85. The minimum atomic E-state index is -5.01. The maximum absolute atomic E-state index is 14.9. The molecule has 0 unspecified atom stereocenters. The van der Waals surface area contributed by atoms with Crippen molar-refractivity contribution in [2.24, 2.45) is 0 Å². The average Bonchev–Trinajstić information content (AvgIpc) is 2.89. The summed E-state index contributed by atoms with van der Waals surface area (Å²) in [6.07, 6.45) is -6.25. The number of rotatable bonds is 6. The fraction of sp³-hybridized carbons (Fsp3) is 0.125. The Morgan fingerprint density at radius 2 is 1.38 bits per heavy atom. The summed E-state index contributed by atoms with van der Waals surface area (Å²) in [4.78, 5) is 0. The molecule has 4 aromatic carbocycles. The lowest BCUT2D eigenvalue weighted by Gasteiger charge is -2.20. The Morgan fingerprint density at radius 1 is 0.738 bits per heavy atom. The molecule has 0 heterocycles. The number of fused-ring (bicyclic) bond motifs is 1. The predicted octanol–water partition coefficient (Wildman–Crippen LogP) is 8.96. The summed E-state index contributed by atoms with van der Waals surface area (Å²) in [6, 6.07) is 11.2. The second-order valence-electron chi connectivity index (χ2n) is 8.89. The van der Waals surface area contributed by atoms with Crippen molar-refractivity contribution < 1.29 is 44.3 Å². The number of alkyl halides is 5. The standard InChI is InChI=1S/C32H17F9O/c1-2-3-4-19-5-7-20(8-6-19)9-10-21-15-27(34)29(28(35)16-21)32(40,41)42-23-11-12-24-22(17-23)18-26(33)25(30(24)36)13-14-31(37,38)39/h2,5-8,11-12,15-18H,1,3-4H2. The molecule has 0 saturated carbocycles. The van der Waals surface area contributed by atoms with E-state index in [-0.39, 0.29) is 10.9 Å². The van der Waals surface area contributed by atoms with Crippen LogP contribution >= 0.6 is 0 Å². The van der Waals surface area contributed by atoms with Gasteiger partial charge >= 0.3 is 12.3 Å². The lowest BCUT2D eigenvalue weighted by molar-refractivity contribution is -0.189. The zero-order valence-corrected chi connectivity index (χ0v) is 21.3. The molecule has 42 heavy (non-hydrogen) atoms. The number of benzene rings is 4. The second kappa shape index (κ2) is 12.0. The summed E-state index contributed by atoms with van der Waals surface area (Å²) in [5, 5.41) is -0.832. The van der Waals surface area contributed by atoms with Gasteiger partial charge in [0.15, 0.2) is 0 Å². The molecule has 4 aromatic rings. The monoisotopic (exact) mass is 588 g/mol. The van der Waals surface area contributed by atoms with Crippen LogP contribution in [0.2, 0.25) is 0 Å². The Balaban J connectivity index is 1.58. The first kappa shape index (κ1) is 30.1. The Labute approximate surface area is 234 Å². The van der Waals surface area contributed by atoms with Crippen molar-refractivity contribution in [2.45, 2.75) is 25.1 Å². The van der Waals surface area contributed by atoms with Crippen LogP contribution in [0.25, 0.3) is 10.8 Å². The summed E-state index contributed by atoms with van der Waals surface area (Å²) < 4.78 is 130. The molecule has 0 aliphatic rings. The molecule has 0 saturated heterocycles. The smallest absolute Gasteiger partial charge is 0.429 e. The summed E-state index contributed by atoms with van der Waals surface area (Å²) in [5.74, 6) is 0.313. The fourth-order valence-corrected chi connectivity index (χ4v) is 3.91. The van der Waals surface area contributed by atoms with Crippen LogP contribution < -0.4 is 4.74 Å². The van der Waals surface area contributed by atoms with Gasteiger partial charge in [0.25, 0.3) is 0 Å². The molecule has 4 rings (SSSR count). The average molecular weight is 588 g/mol. The van der Waals surface area contributed by atoms with Crippen molar-refractivity contribution in [3.63, 3.8) is 0 Å². The zero-order chi connectivity index (χ0) is 30.7. The zero-order valence-electron chi connectivity index (χ0n) is 21.3. The topological polar surface area (TPSA) is 9.23 Å². The highest BCUT2D eigenvalue weighted by atomic mass is 19.4. The maximum atomic E-state index is 14.9. The Bertz CT molecular complexity index is 1760. The van der Waals surface area contributed by atoms with Gasteiger partial charge < -0.3 is 4.74 Å². The molecule has 0 aliphatic heterocycles. The quantitative estimate of drug-likeness (QED) is 0.124. The first-order valence-corrected chi connectivity index (χ1v) is 12.1. The lowest BCUT2D eigenvalue weighted by atomic mass is 10.0. The van der Waals surface area contributed by atoms with Crippen LogP contribution in [0.1, 0.15) is 34.2 Å². The van der Waals surface area contributed by atoms with Gasteiger partial charge in [-0.25, -0.2) is 17.6 Å². The van der Waals surface area contributed by atoms with E-state index in [1.165, 1.54) is 5.92 Å². The lowest BCUT2D eigenvalue weighted by Crippen LogP contribution is -2.25. The number of hydrogen-bond acceptors (Lipinski definition) is 1. The van der Waals surface area contributed by atoms with E-state index in [1.807, 2.05) is 12.1 Å². The summed E-state index contributed by atoms with van der Waals surface area (Å²) in [5.41, 5.74) is -1.56. The van der Waals surface area contributed by atoms with E-state index in [4.69, 9.17) is 0 Å². The van der Waals surface area contributed by atoms with Crippen molar-refractivity contribution >= 4 is 10.8 Å². The van der Waals surface area contributed by atoms with Gasteiger partial charge in [0, 0.05) is 22.4 Å². The van der Waals surface area contributed by atoms with E-state index >= 15 is 0 Å². The molecule has 0 spiro atoms. The number of ether oxygens (including phenoxy) is 1. The number of aryl methyl sites for hydroxylation is 1. The van der Waals surface area contributed by atoms with Crippen molar-refractivity contribution in [1.82, 2.24) is 0 Å². The number of allylic oxidation sites excluding steroid dienone is 1. The number of halogens is 9. The molecule has 214 valence electrons. The van der Waals surface area contributed by atoms with E-state index in [1.54, 1.807) is 18.2 Å². The molecule has 0 amide bonds. The van der Waals surface area contributed by atoms with Gasteiger partial charge in [0.05, 0.1) is 5.56 Å². The van der Waals surface area contributed by atoms with Crippen LogP contribution in [0.3, 0.4) is 0 Å². The highest BCUT2D eigenvalue weighted by Crippen LogP contribution is 2.37. The third kappa shape index (κ3) is 7.08. The summed E-state index contributed by atoms with van der Waals surface area (Å²) >= 11 is 0. The van der Waals surface area contributed by atoms with Gasteiger partial charge in [-0.05, 0) is 72.3 Å². The van der Waals surface area contributed by atoms with Crippen molar-refractivity contribution in [1.29, 1.82) is 0 Å². The molecule has 0 bridgehead atoms. The van der Waals surface area contributed by atoms with E-state index in [0.717, 1.165) is 42.5 Å². The van der Waals surface area contributed by atoms with Crippen LogP contribution in [0.5, 0.6) is 5.75 Å². The Hall–Kier alpha value is -4.83. The fourth-order valence-electron chi connectivity index (χ4n) is 3.91. The number of hydrogen-bond donors (Lipinski definition) is 0. The van der Waals surface area contributed by atoms with Gasteiger partial charge in [-0.15, -0.1) is 6.58 Å². The summed E-state index contributed by atoms with van der Waals surface area (Å²) in [7, 11) is 0. The third-order valence-electron chi connectivity index (χ3n) is 5.85. The molecule has 0 aliphatic carbocycles. The van der Waals surface area contributed by atoms with E-state index in [2.05, 4.69) is 23.2 Å². The van der Waals surface area contributed by atoms with E-state index < -0.39 is 57.8 Å². The second-order valence-corrected chi connectivity index (χ2v) is 8.89. The Morgan fingerprint density at radius 3 is 2.00 bits per heavy atom. The highest BCUT2D eigenvalue weighted by Gasteiger charge is 2.41. The van der Waals surface area contributed by atoms with Crippen molar-refractivity contribution in [3.8, 4) is 29.4 Å². The van der Waals surface area contributed by atoms with Gasteiger partial charge in [-0.2, -0.15) is 22.0 Å². The van der Waals surface area contributed by atoms with Crippen molar-refractivity contribution in [2.75, 3.05) is 0 Å². The molecule has 0 fully saturated rings. The minimum Gasteiger partial charge on any atom is -0.429 e. The first-order valence-electron chi connectivity index (χ1n) is 12.1. The molecule has 1 nitrogen and oxygen atoms in total. The molecule has 10 heteroatoms. The maximum Gasteiger partial charge on any atom is 0.458 e. The molecular weight excluding hydrogens is 571 g/mol. The highest BCUT2D eigenvalue weighted by molar-refractivity contribution is 5.86. The first-order chi connectivity index (χ1) is 19.8. The molecule has 0 radical (unpaired) electrons. The summed E-state index contributed by atoms with van der Waals surface area (Å²) in [6.45, 7) is 3.65. The SMILES string of the molecule is C=CCCc1ccc(C#Cc2cc(F)c(C(F)(F)Oc3ccc4c(F)c(C#CC(F)(F)F)c(F)cc4c3)c(F)c2)cc1. The van der Waals surface area contributed by atoms with Crippen LogP contribution in [-0.4, -0.2) is 6.18 Å². The molecular formula is C32H17F9O. The molecule has 0 atom stereocenters. The largest absolute Gasteiger partial charge is 0.458 e. The van der Waals surface area contributed by atoms with Crippen LogP contribution in [0.4, 0.5) is 39.5 Å². The van der Waals surface area contributed by atoms with E-state index in [0.29, 0.717) is 23.8 Å². The molecule has 0 aromatic heterocycles. The van der Waals surface area contributed by atoms with Gasteiger partial charge in [-0.1, -0.05) is 36.0 Å². The van der Waals surface area contributed by atoms with Gasteiger partial charge in [-0.3, -0.25) is 0 Å². The minimum absolute atomic E-state index is 0.221. The van der Waals surface area contributed by atoms with Crippen LogP contribution in [0.15, 0.2) is 73.3 Å². The predicted molar refractivity (Wildman–Crippen MR) is 139 cm³/mol. The Kier molecular flexibility index (Phi) is 8.58. The van der Waals surface area contributed by atoms with Crippen molar-refractivity contribution in [3.05, 3.63) is 124 Å². The van der Waals surface area contributed by atoms with Crippen LogP contribution in [0, 0.1) is 47.0 Å². The van der Waals surface area contributed by atoms with Gasteiger partial charge in [0.2, 0.25) is 0 Å². The normalized spacial score (nSPS) is 11.4. The van der Waals surface area contributed by atoms with Crippen LogP contribution in [-0.2, 0) is 12.5 Å². The van der Waals surface area contributed by atoms with E-state index in [9.17, 15) is 39.5 Å². The molecule has 0 N–H and O–H groups in total.